The van der Waals surface area contributed by atoms with Gasteiger partial charge < -0.3 is 19.6 Å². The van der Waals surface area contributed by atoms with Gasteiger partial charge in [-0.1, -0.05) is 0 Å². The molecule has 0 aromatic rings. The predicted molar refractivity (Wildman–Crippen MR) is 69.0 cm³/mol. The van der Waals surface area contributed by atoms with Gasteiger partial charge in [-0.05, 0) is 32.1 Å². The van der Waals surface area contributed by atoms with Crippen molar-refractivity contribution in [3.63, 3.8) is 0 Å². The highest BCUT2D eigenvalue weighted by atomic mass is 16.5. The van der Waals surface area contributed by atoms with Crippen LogP contribution in [0.1, 0.15) is 32.1 Å². The van der Waals surface area contributed by atoms with Crippen molar-refractivity contribution in [1.82, 2.24) is 9.80 Å². The third-order valence-electron chi connectivity index (χ3n) is 4.08. The number of amides is 2. The van der Waals surface area contributed by atoms with Crippen LogP contribution < -0.4 is 0 Å². The number of hydrogen-bond donors (Lipinski definition) is 1. The SMILES string of the molecule is COC1CCN(C(=O)N2CCCCC2C(=O)O)CC1. The fraction of sp³-hybridized carbons (Fsp3) is 0.846. The standard InChI is InChI=1S/C13H22N2O4/c1-19-10-5-8-14(9-6-10)13(18)15-7-3-2-4-11(15)12(16)17/h10-11H,2-9H2,1H3,(H,16,17). The molecule has 2 amide bonds. The lowest BCUT2D eigenvalue weighted by Gasteiger charge is -2.39. The number of methoxy groups -OCH3 is 1. The lowest BCUT2D eigenvalue weighted by Crippen LogP contribution is -2.54. The van der Waals surface area contributed by atoms with Gasteiger partial charge in [-0.15, -0.1) is 0 Å². The Morgan fingerprint density at radius 1 is 1.11 bits per heavy atom. The Kier molecular flexibility index (Phi) is 4.63. The van der Waals surface area contributed by atoms with Gasteiger partial charge in [0.15, 0.2) is 0 Å². The second kappa shape index (κ2) is 6.23. The molecule has 6 nitrogen and oxygen atoms in total. The summed E-state index contributed by atoms with van der Waals surface area (Å²) in [5.74, 6) is -0.889. The van der Waals surface area contributed by atoms with Gasteiger partial charge in [0.1, 0.15) is 6.04 Å². The van der Waals surface area contributed by atoms with Gasteiger partial charge >= 0.3 is 12.0 Å². The van der Waals surface area contributed by atoms with Gasteiger partial charge in [0.2, 0.25) is 0 Å². The molecule has 2 fully saturated rings. The monoisotopic (exact) mass is 270 g/mol. The van der Waals surface area contributed by atoms with Crippen LogP contribution >= 0.6 is 0 Å². The lowest BCUT2D eigenvalue weighted by atomic mass is 10.0. The van der Waals surface area contributed by atoms with Crippen LogP contribution in [0, 0.1) is 0 Å². The van der Waals surface area contributed by atoms with E-state index in [-0.39, 0.29) is 12.1 Å². The van der Waals surface area contributed by atoms with Crippen LogP contribution in [-0.2, 0) is 9.53 Å². The maximum absolute atomic E-state index is 12.4. The summed E-state index contributed by atoms with van der Waals surface area (Å²) in [5, 5.41) is 9.20. The number of rotatable bonds is 2. The van der Waals surface area contributed by atoms with E-state index in [2.05, 4.69) is 0 Å². The Morgan fingerprint density at radius 3 is 2.37 bits per heavy atom. The minimum atomic E-state index is -0.889. The molecule has 6 heteroatoms. The number of urea groups is 1. The number of carbonyl (C=O) groups excluding carboxylic acids is 1. The van der Waals surface area contributed by atoms with Gasteiger partial charge in [0.25, 0.3) is 0 Å². The zero-order valence-electron chi connectivity index (χ0n) is 11.4. The molecule has 0 aromatic carbocycles. The fourth-order valence-electron chi connectivity index (χ4n) is 2.88. The summed E-state index contributed by atoms with van der Waals surface area (Å²) in [6, 6.07) is -0.775. The first-order valence-electron chi connectivity index (χ1n) is 6.94. The third kappa shape index (κ3) is 3.18. The highest BCUT2D eigenvalue weighted by molar-refractivity contribution is 5.83. The zero-order valence-corrected chi connectivity index (χ0v) is 11.4. The molecule has 0 spiro atoms. The minimum Gasteiger partial charge on any atom is -0.480 e. The smallest absolute Gasteiger partial charge is 0.326 e. The molecule has 2 heterocycles. The largest absolute Gasteiger partial charge is 0.480 e. The molecule has 2 saturated heterocycles. The van der Waals surface area contributed by atoms with E-state index in [0.717, 1.165) is 25.7 Å². The van der Waals surface area contributed by atoms with Crippen LogP contribution in [0.2, 0.25) is 0 Å². The third-order valence-corrected chi connectivity index (χ3v) is 4.08. The molecule has 1 unspecified atom stereocenters. The van der Waals surface area contributed by atoms with E-state index in [1.54, 1.807) is 12.0 Å². The number of likely N-dealkylation sites (tertiary alicyclic amines) is 2. The van der Waals surface area contributed by atoms with E-state index in [4.69, 9.17) is 4.74 Å². The second-order valence-corrected chi connectivity index (χ2v) is 5.25. The molecular weight excluding hydrogens is 248 g/mol. The quantitative estimate of drug-likeness (QED) is 0.817. The van der Waals surface area contributed by atoms with E-state index in [9.17, 15) is 14.7 Å². The highest BCUT2D eigenvalue weighted by Gasteiger charge is 2.35. The fourth-order valence-corrected chi connectivity index (χ4v) is 2.88. The van der Waals surface area contributed by atoms with E-state index in [1.807, 2.05) is 0 Å². The number of ether oxygens (including phenoxy) is 1. The van der Waals surface area contributed by atoms with Crippen molar-refractivity contribution in [3.8, 4) is 0 Å². The average molecular weight is 270 g/mol. The Bertz CT molecular complexity index is 340. The summed E-state index contributed by atoms with van der Waals surface area (Å²) in [6.45, 7) is 1.86. The number of piperidine rings is 2. The summed E-state index contributed by atoms with van der Waals surface area (Å²) in [5.41, 5.74) is 0. The predicted octanol–water partition coefficient (Wildman–Crippen LogP) is 1.16. The Hall–Kier alpha value is -1.30. The lowest BCUT2D eigenvalue weighted by molar-refractivity contribution is -0.143. The van der Waals surface area contributed by atoms with Crippen LogP contribution in [0.3, 0.4) is 0 Å². The van der Waals surface area contributed by atoms with E-state index in [0.29, 0.717) is 26.1 Å². The van der Waals surface area contributed by atoms with E-state index in [1.165, 1.54) is 4.90 Å². The Morgan fingerprint density at radius 2 is 1.79 bits per heavy atom. The molecule has 0 aliphatic carbocycles. The molecule has 0 radical (unpaired) electrons. The van der Waals surface area contributed by atoms with Crippen molar-refractivity contribution in [3.05, 3.63) is 0 Å². The van der Waals surface area contributed by atoms with Crippen LogP contribution in [0.25, 0.3) is 0 Å². The summed E-state index contributed by atoms with van der Waals surface area (Å²) in [4.78, 5) is 26.9. The van der Waals surface area contributed by atoms with Crippen molar-refractivity contribution < 1.29 is 19.4 Å². The van der Waals surface area contributed by atoms with Crippen LogP contribution in [0.15, 0.2) is 0 Å². The number of nitrogens with zero attached hydrogens (tertiary/aromatic N) is 2. The van der Waals surface area contributed by atoms with Crippen molar-refractivity contribution >= 4 is 12.0 Å². The van der Waals surface area contributed by atoms with Crippen LogP contribution in [0.5, 0.6) is 0 Å². The first-order valence-corrected chi connectivity index (χ1v) is 6.94. The van der Waals surface area contributed by atoms with Crippen molar-refractivity contribution in [2.45, 2.75) is 44.2 Å². The van der Waals surface area contributed by atoms with E-state index >= 15 is 0 Å². The van der Waals surface area contributed by atoms with Gasteiger partial charge in [-0.3, -0.25) is 0 Å². The number of hydrogen-bond acceptors (Lipinski definition) is 3. The number of carboxylic acid groups (broad SMARTS) is 1. The molecule has 2 aliphatic rings. The summed E-state index contributed by atoms with van der Waals surface area (Å²) >= 11 is 0. The highest BCUT2D eigenvalue weighted by Crippen LogP contribution is 2.21. The van der Waals surface area contributed by atoms with Gasteiger partial charge in [-0.25, -0.2) is 9.59 Å². The summed E-state index contributed by atoms with van der Waals surface area (Å²) in [7, 11) is 1.69. The first kappa shape index (κ1) is 14.1. The zero-order chi connectivity index (χ0) is 13.8. The first-order chi connectivity index (χ1) is 9.13. The molecule has 0 aromatic heterocycles. The molecule has 108 valence electrons. The van der Waals surface area contributed by atoms with Gasteiger partial charge in [0, 0.05) is 26.7 Å². The van der Waals surface area contributed by atoms with Gasteiger partial charge in [-0.2, -0.15) is 0 Å². The average Bonchev–Trinajstić information content (AvgIpc) is 2.46. The van der Waals surface area contributed by atoms with E-state index < -0.39 is 12.0 Å². The van der Waals surface area contributed by atoms with Crippen molar-refractivity contribution in [2.75, 3.05) is 26.7 Å². The maximum Gasteiger partial charge on any atom is 0.326 e. The molecule has 19 heavy (non-hydrogen) atoms. The molecular formula is C13H22N2O4. The Labute approximate surface area is 113 Å². The van der Waals surface area contributed by atoms with Crippen LogP contribution in [0.4, 0.5) is 4.79 Å². The normalized spacial score (nSPS) is 25.4. The van der Waals surface area contributed by atoms with Crippen molar-refractivity contribution in [1.29, 1.82) is 0 Å². The molecule has 2 rings (SSSR count). The second-order valence-electron chi connectivity index (χ2n) is 5.25. The molecule has 0 saturated carbocycles. The topological polar surface area (TPSA) is 70.1 Å². The van der Waals surface area contributed by atoms with Crippen LogP contribution in [-0.4, -0.2) is 65.8 Å². The maximum atomic E-state index is 12.4. The Balaban J connectivity index is 1.96. The minimum absolute atomic E-state index is 0.123. The number of aliphatic carboxylic acids is 1. The molecule has 2 aliphatic heterocycles. The van der Waals surface area contributed by atoms with Gasteiger partial charge in [0.05, 0.1) is 6.10 Å². The number of carboxylic acids is 1. The number of carbonyl (C=O) groups is 2. The summed E-state index contributed by atoms with van der Waals surface area (Å²) < 4.78 is 5.28. The molecule has 1 atom stereocenters. The molecule has 0 bridgehead atoms. The summed E-state index contributed by atoms with van der Waals surface area (Å²) in [6.07, 6.45) is 4.22. The van der Waals surface area contributed by atoms with Crippen molar-refractivity contribution in [2.24, 2.45) is 0 Å². The molecule has 1 N–H and O–H groups in total.